The van der Waals surface area contributed by atoms with Gasteiger partial charge in [0.25, 0.3) is 0 Å². The van der Waals surface area contributed by atoms with E-state index < -0.39 is 0 Å². The summed E-state index contributed by atoms with van der Waals surface area (Å²) in [4.78, 5) is 14.6. The largest absolute Gasteiger partial charge is 0.485 e. The van der Waals surface area contributed by atoms with Crippen molar-refractivity contribution < 1.29 is 14.3 Å². The van der Waals surface area contributed by atoms with E-state index in [0.29, 0.717) is 23.1 Å². The highest BCUT2D eigenvalue weighted by Gasteiger charge is 2.08. The molecule has 0 fully saturated rings. The summed E-state index contributed by atoms with van der Waals surface area (Å²) in [5.74, 6) is 0.264. The SMILES string of the molecule is COC(=O)Cc1ccc(OCc2cc3cc(Cl)ccc3[nH]2)c(N)c1. The predicted octanol–water partition coefficient (Wildman–Crippen LogP) is 3.70. The van der Waals surface area contributed by atoms with E-state index in [0.717, 1.165) is 22.2 Å². The van der Waals surface area contributed by atoms with Gasteiger partial charge in [-0.3, -0.25) is 4.79 Å². The van der Waals surface area contributed by atoms with Crippen molar-refractivity contribution >= 4 is 34.2 Å². The van der Waals surface area contributed by atoms with Crippen LogP contribution >= 0.6 is 11.6 Å². The molecule has 24 heavy (non-hydrogen) atoms. The molecule has 0 aliphatic carbocycles. The van der Waals surface area contributed by atoms with Gasteiger partial charge in [-0.1, -0.05) is 17.7 Å². The summed E-state index contributed by atoms with van der Waals surface area (Å²) < 4.78 is 10.4. The van der Waals surface area contributed by atoms with Gasteiger partial charge in [-0.2, -0.15) is 0 Å². The molecular formula is C18H17ClN2O3. The molecule has 2 aromatic carbocycles. The highest BCUT2D eigenvalue weighted by molar-refractivity contribution is 6.31. The number of nitrogen functional groups attached to an aromatic ring is 1. The molecule has 1 heterocycles. The number of hydrogen-bond acceptors (Lipinski definition) is 4. The third kappa shape index (κ3) is 3.63. The summed E-state index contributed by atoms with van der Waals surface area (Å²) in [5, 5.41) is 1.72. The topological polar surface area (TPSA) is 77.3 Å². The number of H-pyrrole nitrogens is 1. The Morgan fingerprint density at radius 1 is 1.21 bits per heavy atom. The average molecular weight is 345 g/mol. The van der Waals surface area contributed by atoms with Gasteiger partial charge in [0.2, 0.25) is 0 Å². The quantitative estimate of drug-likeness (QED) is 0.546. The molecule has 0 aliphatic heterocycles. The predicted molar refractivity (Wildman–Crippen MR) is 94.2 cm³/mol. The molecule has 0 unspecified atom stereocenters. The highest BCUT2D eigenvalue weighted by atomic mass is 35.5. The van der Waals surface area contributed by atoms with E-state index >= 15 is 0 Å². The van der Waals surface area contributed by atoms with Gasteiger partial charge in [0.05, 0.1) is 24.9 Å². The molecule has 0 saturated heterocycles. The van der Waals surface area contributed by atoms with Crippen LogP contribution in [0.1, 0.15) is 11.3 Å². The Labute approximate surface area is 144 Å². The Hall–Kier alpha value is -2.66. The number of aromatic amines is 1. The molecule has 0 bridgehead atoms. The molecule has 124 valence electrons. The van der Waals surface area contributed by atoms with E-state index in [2.05, 4.69) is 9.72 Å². The highest BCUT2D eigenvalue weighted by Crippen LogP contribution is 2.25. The number of carbonyl (C=O) groups is 1. The number of hydrogen-bond donors (Lipinski definition) is 2. The van der Waals surface area contributed by atoms with Gasteiger partial charge >= 0.3 is 5.97 Å². The molecule has 0 radical (unpaired) electrons. The smallest absolute Gasteiger partial charge is 0.309 e. The van der Waals surface area contributed by atoms with Crippen LogP contribution in [0.3, 0.4) is 0 Å². The maximum Gasteiger partial charge on any atom is 0.309 e. The minimum atomic E-state index is -0.306. The van der Waals surface area contributed by atoms with E-state index in [4.69, 9.17) is 22.1 Å². The number of methoxy groups -OCH3 is 1. The maximum absolute atomic E-state index is 11.3. The van der Waals surface area contributed by atoms with Gasteiger partial charge in [-0.05, 0) is 42.0 Å². The number of benzene rings is 2. The zero-order valence-electron chi connectivity index (χ0n) is 13.1. The van der Waals surface area contributed by atoms with Crippen LogP contribution in [0.25, 0.3) is 10.9 Å². The number of ether oxygens (including phenoxy) is 2. The van der Waals surface area contributed by atoms with Gasteiger partial charge in [0.1, 0.15) is 12.4 Å². The van der Waals surface area contributed by atoms with E-state index in [-0.39, 0.29) is 12.4 Å². The Kier molecular flexibility index (Phi) is 4.62. The summed E-state index contributed by atoms with van der Waals surface area (Å²) in [7, 11) is 1.36. The van der Waals surface area contributed by atoms with Crippen LogP contribution in [-0.4, -0.2) is 18.1 Å². The minimum absolute atomic E-state index is 0.184. The normalized spacial score (nSPS) is 10.8. The second kappa shape index (κ2) is 6.84. The van der Waals surface area contributed by atoms with Gasteiger partial charge in [-0.25, -0.2) is 0 Å². The molecule has 3 N–H and O–H groups in total. The van der Waals surface area contributed by atoms with Crippen molar-refractivity contribution in [3.05, 3.63) is 58.7 Å². The number of esters is 1. The second-order valence-corrected chi connectivity index (χ2v) is 5.88. The first kappa shape index (κ1) is 16.2. The molecule has 3 rings (SSSR count). The van der Waals surface area contributed by atoms with E-state index in [1.54, 1.807) is 18.2 Å². The van der Waals surface area contributed by atoms with Crippen molar-refractivity contribution in [2.45, 2.75) is 13.0 Å². The number of fused-ring (bicyclic) bond motifs is 1. The van der Waals surface area contributed by atoms with Crippen molar-refractivity contribution in [2.75, 3.05) is 12.8 Å². The van der Waals surface area contributed by atoms with Crippen LogP contribution in [0, 0.1) is 0 Å². The molecule has 5 nitrogen and oxygen atoms in total. The lowest BCUT2D eigenvalue weighted by Gasteiger charge is -2.09. The monoisotopic (exact) mass is 344 g/mol. The standard InChI is InChI=1S/C18H17ClN2O3/c1-23-18(22)7-11-2-5-17(15(20)6-11)24-10-14-9-12-8-13(19)3-4-16(12)21-14/h2-6,8-9,21H,7,10,20H2,1H3. The van der Waals surface area contributed by atoms with Crippen molar-refractivity contribution in [1.29, 1.82) is 0 Å². The maximum atomic E-state index is 11.3. The number of nitrogens with one attached hydrogen (secondary N) is 1. The lowest BCUT2D eigenvalue weighted by Crippen LogP contribution is -2.05. The summed E-state index contributed by atoms with van der Waals surface area (Å²) >= 11 is 5.99. The fraction of sp³-hybridized carbons (Fsp3) is 0.167. The molecular weight excluding hydrogens is 328 g/mol. The first-order chi connectivity index (χ1) is 11.5. The number of carbonyl (C=O) groups excluding carboxylic acids is 1. The van der Waals surface area contributed by atoms with Crippen molar-refractivity contribution in [1.82, 2.24) is 4.98 Å². The van der Waals surface area contributed by atoms with Crippen molar-refractivity contribution in [3.8, 4) is 5.75 Å². The molecule has 6 heteroatoms. The summed E-state index contributed by atoms with van der Waals surface area (Å²) in [6.07, 6.45) is 0.184. The van der Waals surface area contributed by atoms with Crippen molar-refractivity contribution in [2.24, 2.45) is 0 Å². The van der Waals surface area contributed by atoms with Gasteiger partial charge < -0.3 is 20.2 Å². The molecule has 0 aliphatic rings. The molecule has 0 amide bonds. The first-order valence-electron chi connectivity index (χ1n) is 7.40. The fourth-order valence-corrected chi connectivity index (χ4v) is 2.66. The van der Waals surface area contributed by atoms with Crippen LogP contribution in [-0.2, 0) is 22.6 Å². The van der Waals surface area contributed by atoms with Crippen LogP contribution in [0.4, 0.5) is 5.69 Å². The number of aromatic nitrogens is 1. The number of anilines is 1. The summed E-state index contributed by atoms with van der Waals surface area (Å²) in [5.41, 5.74) is 9.18. The summed E-state index contributed by atoms with van der Waals surface area (Å²) in [6, 6.07) is 12.9. The molecule has 1 aromatic heterocycles. The van der Waals surface area contributed by atoms with Crippen LogP contribution < -0.4 is 10.5 Å². The zero-order valence-corrected chi connectivity index (χ0v) is 13.9. The van der Waals surface area contributed by atoms with E-state index in [1.165, 1.54) is 7.11 Å². The van der Waals surface area contributed by atoms with E-state index in [9.17, 15) is 4.79 Å². The number of nitrogens with two attached hydrogens (primary N) is 1. The Morgan fingerprint density at radius 3 is 2.79 bits per heavy atom. The third-order valence-electron chi connectivity index (χ3n) is 3.67. The second-order valence-electron chi connectivity index (χ2n) is 5.44. The van der Waals surface area contributed by atoms with Crippen LogP contribution in [0.2, 0.25) is 5.02 Å². The van der Waals surface area contributed by atoms with E-state index in [1.807, 2.05) is 24.3 Å². The van der Waals surface area contributed by atoms with Crippen molar-refractivity contribution in [3.63, 3.8) is 0 Å². The minimum Gasteiger partial charge on any atom is -0.485 e. The Bertz CT molecular complexity index is 889. The molecule has 0 spiro atoms. The average Bonchev–Trinajstić information content (AvgIpc) is 2.95. The Morgan fingerprint density at radius 2 is 2.04 bits per heavy atom. The number of halogens is 1. The van der Waals surface area contributed by atoms with Crippen LogP contribution in [0.5, 0.6) is 5.75 Å². The van der Waals surface area contributed by atoms with Gasteiger partial charge in [-0.15, -0.1) is 0 Å². The Balaban J connectivity index is 1.70. The zero-order chi connectivity index (χ0) is 17.1. The molecule has 3 aromatic rings. The third-order valence-corrected chi connectivity index (χ3v) is 3.91. The van der Waals surface area contributed by atoms with Gasteiger partial charge in [0.15, 0.2) is 0 Å². The first-order valence-corrected chi connectivity index (χ1v) is 7.78. The summed E-state index contributed by atoms with van der Waals surface area (Å²) in [6.45, 7) is 0.354. The van der Waals surface area contributed by atoms with Crippen LogP contribution in [0.15, 0.2) is 42.5 Å². The number of rotatable bonds is 5. The van der Waals surface area contributed by atoms with Gasteiger partial charge in [0, 0.05) is 15.9 Å². The lowest BCUT2D eigenvalue weighted by atomic mass is 10.1. The molecule has 0 atom stereocenters. The lowest BCUT2D eigenvalue weighted by molar-refractivity contribution is -0.139. The molecule has 0 saturated carbocycles. The fourth-order valence-electron chi connectivity index (χ4n) is 2.48.